The van der Waals surface area contributed by atoms with Crippen LogP contribution >= 0.6 is 0 Å². The third-order valence-corrected chi connectivity index (χ3v) is 2.88. The van der Waals surface area contributed by atoms with Crippen molar-refractivity contribution in [3.63, 3.8) is 0 Å². The average Bonchev–Trinajstić information content (AvgIpc) is 3.18. The van der Waals surface area contributed by atoms with Gasteiger partial charge in [-0.2, -0.15) is 0 Å². The maximum Gasteiger partial charge on any atom is 0.159 e. The third-order valence-electron chi connectivity index (χ3n) is 2.88. The lowest BCUT2D eigenvalue weighted by Crippen LogP contribution is -2.12. The van der Waals surface area contributed by atoms with Gasteiger partial charge >= 0.3 is 0 Å². The fourth-order valence-electron chi connectivity index (χ4n) is 1.86. The van der Waals surface area contributed by atoms with Crippen molar-refractivity contribution in [2.75, 3.05) is 18.5 Å². The molecular weight excluding hydrogens is 214 g/mol. The van der Waals surface area contributed by atoms with Crippen molar-refractivity contribution in [3.05, 3.63) is 18.1 Å². The van der Waals surface area contributed by atoms with Gasteiger partial charge in [0.25, 0.3) is 0 Å². The SMILES string of the molecule is CCCNc1ccnc(C(OCC)C2CC2)n1. The molecule has 1 atom stereocenters. The molecule has 0 saturated heterocycles. The van der Waals surface area contributed by atoms with Crippen LogP contribution in [0.1, 0.15) is 45.0 Å². The van der Waals surface area contributed by atoms with E-state index in [1.54, 1.807) is 0 Å². The second-order valence-corrected chi connectivity index (χ2v) is 4.44. The highest BCUT2D eigenvalue weighted by atomic mass is 16.5. The molecule has 1 unspecified atom stereocenters. The largest absolute Gasteiger partial charge is 0.370 e. The van der Waals surface area contributed by atoms with Crippen LogP contribution in [0.2, 0.25) is 0 Å². The van der Waals surface area contributed by atoms with E-state index in [9.17, 15) is 0 Å². The van der Waals surface area contributed by atoms with Crippen molar-refractivity contribution >= 4 is 5.82 Å². The molecule has 17 heavy (non-hydrogen) atoms. The van der Waals surface area contributed by atoms with Gasteiger partial charge in [-0.05, 0) is 38.2 Å². The third kappa shape index (κ3) is 3.40. The van der Waals surface area contributed by atoms with Crippen molar-refractivity contribution in [3.8, 4) is 0 Å². The Bertz CT molecular complexity index is 352. The minimum absolute atomic E-state index is 0.0865. The summed E-state index contributed by atoms with van der Waals surface area (Å²) < 4.78 is 5.76. The Morgan fingerprint density at radius 1 is 1.47 bits per heavy atom. The van der Waals surface area contributed by atoms with Gasteiger partial charge in [0.1, 0.15) is 11.9 Å². The van der Waals surface area contributed by atoms with Gasteiger partial charge in [0.05, 0.1) is 0 Å². The Hall–Kier alpha value is -1.16. The van der Waals surface area contributed by atoms with Crippen LogP contribution in [0.5, 0.6) is 0 Å². The van der Waals surface area contributed by atoms with E-state index in [0.29, 0.717) is 5.92 Å². The Balaban J connectivity index is 2.07. The van der Waals surface area contributed by atoms with E-state index in [-0.39, 0.29) is 6.10 Å². The highest BCUT2D eigenvalue weighted by Crippen LogP contribution is 2.42. The fraction of sp³-hybridized carbons (Fsp3) is 0.692. The molecule has 0 amide bonds. The molecule has 1 aromatic rings. The number of anilines is 1. The van der Waals surface area contributed by atoms with E-state index < -0.39 is 0 Å². The van der Waals surface area contributed by atoms with Crippen LogP contribution in [0, 0.1) is 5.92 Å². The minimum Gasteiger partial charge on any atom is -0.370 e. The Kier molecular flexibility index (Phi) is 4.31. The molecule has 4 nitrogen and oxygen atoms in total. The Morgan fingerprint density at radius 3 is 2.94 bits per heavy atom. The highest BCUT2D eigenvalue weighted by molar-refractivity contribution is 5.33. The Labute approximate surface area is 103 Å². The van der Waals surface area contributed by atoms with E-state index in [0.717, 1.165) is 31.2 Å². The van der Waals surface area contributed by atoms with Gasteiger partial charge in [0.2, 0.25) is 0 Å². The molecule has 1 aliphatic carbocycles. The van der Waals surface area contributed by atoms with Gasteiger partial charge in [0, 0.05) is 19.3 Å². The number of nitrogens with one attached hydrogen (secondary N) is 1. The maximum atomic E-state index is 5.76. The van der Waals surface area contributed by atoms with Gasteiger partial charge in [0.15, 0.2) is 5.82 Å². The van der Waals surface area contributed by atoms with Crippen molar-refractivity contribution in [2.45, 2.75) is 39.2 Å². The molecule has 1 aromatic heterocycles. The lowest BCUT2D eigenvalue weighted by Gasteiger charge is -2.15. The summed E-state index contributed by atoms with van der Waals surface area (Å²) in [6, 6.07) is 1.91. The van der Waals surface area contributed by atoms with E-state index in [4.69, 9.17) is 4.74 Å². The lowest BCUT2D eigenvalue weighted by molar-refractivity contribution is 0.0401. The predicted molar refractivity (Wildman–Crippen MR) is 67.9 cm³/mol. The normalized spacial score (nSPS) is 16.8. The number of rotatable bonds is 7. The molecule has 0 bridgehead atoms. The molecule has 1 fully saturated rings. The van der Waals surface area contributed by atoms with E-state index >= 15 is 0 Å². The van der Waals surface area contributed by atoms with Crippen LogP contribution in [0.15, 0.2) is 12.3 Å². The second kappa shape index (κ2) is 5.96. The monoisotopic (exact) mass is 235 g/mol. The number of ether oxygens (including phenoxy) is 1. The molecular formula is C13H21N3O. The smallest absolute Gasteiger partial charge is 0.159 e. The van der Waals surface area contributed by atoms with Crippen molar-refractivity contribution in [1.82, 2.24) is 9.97 Å². The molecule has 0 aliphatic heterocycles. The van der Waals surface area contributed by atoms with Gasteiger partial charge in [-0.3, -0.25) is 0 Å². The first-order valence-electron chi connectivity index (χ1n) is 6.53. The van der Waals surface area contributed by atoms with Gasteiger partial charge in [-0.25, -0.2) is 9.97 Å². The molecule has 1 aliphatic rings. The number of hydrogen-bond donors (Lipinski definition) is 1. The summed E-state index contributed by atoms with van der Waals surface area (Å²) in [7, 11) is 0. The van der Waals surface area contributed by atoms with Crippen LogP contribution in [0.4, 0.5) is 5.82 Å². The zero-order valence-electron chi connectivity index (χ0n) is 10.6. The number of nitrogens with zero attached hydrogens (tertiary/aromatic N) is 2. The summed E-state index contributed by atoms with van der Waals surface area (Å²) in [4.78, 5) is 8.89. The molecule has 1 heterocycles. The predicted octanol–water partition coefficient (Wildman–Crippen LogP) is 2.79. The number of aromatic nitrogens is 2. The van der Waals surface area contributed by atoms with Crippen LogP contribution in [0.25, 0.3) is 0 Å². The molecule has 94 valence electrons. The molecule has 1 N–H and O–H groups in total. The zero-order chi connectivity index (χ0) is 12.1. The molecule has 1 saturated carbocycles. The van der Waals surface area contributed by atoms with Crippen molar-refractivity contribution in [2.24, 2.45) is 5.92 Å². The maximum absolute atomic E-state index is 5.76. The summed E-state index contributed by atoms with van der Waals surface area (Å²) in [5, 5.41) is 3.28. The first kappa shape index (κ1) is 12.3. The first-order valence-corrected chi connectivity index (χ1v) is 6.53. The second-order valence-electron chi connectivity index (χ2n) is 4.44. The van der Waals surface area contributed by atoms with Crippen LogP contribution < -0.4 is 5.32 Å². The first-order chi connectivity index (χ1) is 8.35. The molecule has 2 rings (SSSR count). The standard InChI is InChI=1S/C13H21N3O/c1-3-8-14-11-7-9-15-13(16-11)12(17-4-2)10-5-6-10/h7,9-10,12H,3-6,8H2,1-2H3,(H,14,15,16). The lowest BCUT2D eigenvalue weighted by atomic mass is 10.2. The summed E-state index contributed by atoms with van der Waals surface area (Å²) in [5.41, 5.74) is 0. The van der Waals surface area contributed by atoms with Gasteiger partial charge < -0.3 is 10.1 Å². The molecule has 4 heteroatoms. The molecule has 0 radical (unpaired) electrons. The van der Waals surface area contributed by atoms with E-state index in [1.165, 1.54) is 12.8 Å². The van der Waals surface area contributed by atoms with Crippen molar-refractivity contribution < 1.29 is 4.74 Å². The Morgan fingerprint density at radius 2 is 2.29 bits per heavy atom. The average molecular weight is 235 g/mol. The van der Waals surface area contributed by atoms with Crippen LogP contribution in [-0.2, 0) is 4.74 Å². The number of hydrogen-bond acceptors (Lipinski definition) is 4. The quantitative estimate of drug-likeness (QED) is 0.789. The highest BCUT2D eigenvalue weighted by Gasteiger charge is 2.34. The summed E-state index contributed by atoms with van der Waals surface area (Å²) >= 11 is 0. The van der Waals surface area contributed by atoms with Gasteiger partial charge in [-0.1, -0.05) is 6.92 Å². The van der Waals surface area contributed by atoms with E-state index in [1.807, 2.05) is 19.2 Å². The summed E-state index contributed by atoms with van der Waals surface area (Å²) in [6.07, 6.45) is 5.47. The minimum atomic E-state index is 0.0865. The van der Waals surface area contributed by atoms with Crippen LogP contribution in [-0.4, -0.2) is 23.1 Å². The summed E-state index contributed by atoms with van der Waals surface area (Å²) in [6.45, 7) is 5.83. The fourth-order valence-corrected chi connectivity index (χ4v) is 1.86. The van der Waals surface area contributed by atoms with Gasteiger partial charge in [-0.15, -0.1) is 0 Å². The summed E-state index contributed by atoms with van der Waals surface area (Å²) in [5.74, 6) is 2.36. The van der Waals surface area contributed by atoms with Crippen LogP contribution in [0.3, 0.4) is 0 Å². The zero-order valence-corrected chi connectivity index (χ0v) is 10.6. The van der Waals surface area contributed by atoms with E-state index in [2.05, 4.69) is 22.2 Å². The topological polar surface area (TPSA) is 47.0 Å². The van der Waals surface area contributed by atoms with Crippen molar-refractivity contribution in [1.29, 1.82) is 0 Å². The molecule has 0 aromatic carbocycles. The molecule has 0 spiro atoms.